The Labute approximate surface area is 106 Å². The number of hydrogen-bond acceptors (Lipinski definition) is 1. The second kappa shape index (κ2) is 10.3. The summed E-state index contributed by atoms with van der Waals surface area (Å²) in [5, 5.41) is 0. The number of unbranched alkanes of at least 4 members (excludes halogenated alkanes) is 5. The highest BCUT2D eigenvalue weighted by Crippen LogP contribution is 2.09. The van der Waals surface area contributed by atoms with Crippen LogP contribution < -0.4 is 0 Å². The van der Waals surface area contributed by atoms with Crippen LogP contribution in [0, 0.1) is 0 Å². The highest BCUT2D eigenvalue weighted by atomic mass is 16.5. The van der Waals surface area contributed by atoms with Crippen LogP contribution in [-0.4, -0.2) is 13.2 Å². The molecule has 0 saturated heterocycles. The van der Waals surface area contributed by atoms with Gasteiger partial charge in [0.05, 0.1) is 0 Å². The van der Waals surface area contributed by atoms with Crippen molar-refractivity contribution in [3.63, 3.8) is 0 Å². The molecular weight excluding hydrogens is 208 g/mol. The Morgan fingerprint density at radius 1 is 0.824 bits per heavy atom. The first kappa shape index (κ1) is 14.2. The number of aryl methyl sites for hydroxylation is 1. The Kier molecular flexibility index (Phi) is 8.66. The maximum absolute atomic E-state index is 5.32. The molecular formula is C16H26O. The van der Waals surface area contributed by atoms with Crippen molar-refractivity contribution in [2.75, 3.05) is 13.2 Å². The Bertz CT molecular complexity index is 255. The summed E-state index contributed by atoms with van der Waals surface area (Å²) in [5.41, 5.74) is 1.48. The predicted octanol–water partition coefficient (Wildman–Crippen LogP) is 4.61. The third-order valence-corrected chi connectivity index (χ3v) is 3.05. The molecule has 0 aliphatic rings. The van der Waals surface area contributed by atoms with Crippen molar-refractivity contribution in [3.05, 3.63) is 35.9 Å². The molecule has 0 bridgehead atoms. The lowest BCUT2D eigenvalue weighted by molar-refractivity contribution is 0.143. The number of hydrogen-bond donors (Lipinski definition) is 0. The molecule has 0 radical (unpaired) electrons. The summed E-state index contributed by atoms with van der Waals surface area (Å²) in [5.74, 6) is 0. The van der Waals surface area contributed by atoms with Crippen LogP contribution in [-0.2, 0) is 11.2 Å². The molecule has 1 rings (SSSR count). The first-order valence-electron chi connectivity index (χ1n) is 7.05. The van der Waals surface area contributed by atoms with Crippen molar-refractivity contribution in [2.24, 2.45) is 0 Å². The minimum Gasteiger partial charge on any atom is -0.382 e. The van der Waals surface area contributed by atoms with E-state index >= 15 is 0 Å². The van der Waals surface area contributed by atoms with Crippen LogP contribution in [0.1, 0.15) is 51.0 Å². The molecule has 0 N–H and O–H groups in total. The molecule has 17 heavy (non-hydrogen) atoms. The maximum atomic E-state index is 5.32. The van der Waals surface area contributed by atoms with Crippen LogP contribution in [0.4, 0.5) is 0 Å². The largest absolute Gasteiger partial charge is 0.382 e. The van der Waals surface area contributed by atoms with E-state index in [1.54, 1.807) is 0 Å². The normalized spacial score (nSPS) is 10.6. The third kappa shape index (κ3) is 7.98. The van der Waals surface area contributed by atoms with Crippen LogP contribution in [0.5, 0.6) is 0 Å². The molecule has 0 amide bonds. The molecule has 1 aromatic carbocycles. The van der Waals surface area contributed by atoms with Gasteiger partial charge in [0.15, 0.2) is 0 Å². The van der Waals surface area contributed by atoms with Crippen LogP contribution in [0.15, 0.2) is 30.3 Å². The summed E-state index contributed by atoms with van der Waals surface area (Å²) >= 11 is 0. The van der Waals surface area contributed by atoms with Gasteiger partial charge in [-0.15, -0.1) is 0 Å². The molecule has 0 atom stereocenters. The first-order valence-corrected chi connectivity index (χ1v) is 7.05. The van der Waals surface area contributed by atoms with Crippen molar-refractivity contribution in [1.29, 1.82) is 0 Å². The van der Waals surface area contributed by atoms with Crippen molar-refractivity contribution in [3.8, 4) is 0 Å². The Morgan fingerprint density at radius 2 is 1.47 bits per heavy atom. The zero-order valence-corrected chi connectivity index (χ0v) is 11.2. The lowest BCUT2D eigenvalue weighted by Crippen LogP contribution is -1.93. The van der Waals surface area contributed by atoms with Crippen molar-refractivity contribution < 1.29 is 4.74 Å². The third-order valence-electron chi connectivity index (χ3n) is 3.05. The smallest absolute Gasteiger partial charge is 0.0465 e. The fourth-order valence-electron chi connectivity index (χ4n) is 2.03. The fourth-order valence-corrected chi connectivity index (χ4v) is 2.03. The summed E-state index contributed by atoms with van der Waals surface area (Å²) in [4.78, 5) is 0. The van der Waals surface area contributed by atoms with Crippen molar-refractivity contribution in [2.45, 2.75) is 51.9 Å². The standard InChI is InChI=1S/C16H26O/c1-2-17-15-11-6-4-3-5-8-12-16-13-9-7-10-14-16/h7,9-10,13-14H,2-6,8,11-12,15H2,1H3. The quantitative estimate of drug-likeness (QED) is 0.537. The summed E-state index contributed by atoms with van der Waals surface area (Å²) in [7, 11) is 0. The molecule has 0 aromatic heterocycles. The SMILES string of the molecule is CCOCCCCCCCCc1ccccc1. The van der Waals surface area contributed by atoms with Crippen LogP contribution >= 0.6 is 0 Å². The van der Waals surface area contributed by atoms with E-state index in [0.717, 1.165) is 13.2 Å². The van der Waals surface area contributed by atoms with Gasteiger partial charge >= 0.3 is 0 Å². The molecule has 0 aliphatic carbocycles. The molecule has 0 heterocycles. The Hall–Kier alpha value is -0.820. The van der Waals surface area contributed by atoms with Gasteiger partial charge in [0.1, 0.15) is 0 Å². The summed E-state index contributed by atoms with van der Waals surface area (Å²) in [6, 6.07) is 10.8. The minimum atomic E-state index is 0.858. The van der Waals surface area contributed by atoms with Gasteiger partial charge < -0.3 is 4.74 Å². The van der Waals surface area contributed by atoms with Gasteiger partial charge in [0.2, 0.25) is 0 Å². The van der Waals surface area contributed by atoms with Gasteiger partial charge in [-0.1, -0.05) is 56.0 Å². The molecule has 0 aliphatic heterocycles. The van der Waals surface area contributed by atoms with Gasteiger partial charge in [-0.3, -0.25) is 0 Å². The monoisotopic (exact) mass is 234 g/mol. The lowest BCUT2D eigenvalue weighted by Gasteiger charge is -2.03. The van der Waals surface area contributed by atoms with E-state index in [0.29, 0.717) is 0 Å². The van der Waals surface area contributed by atoms with Gasteiger partial charge in [-0.05, 0) is 31.7 Å². The molecule has 96 valence electrons. The summed E-state index contributed by atoms with van der Waals surface area (Å²) < 4.78 is 5.32. The Balaban J connectivity index is 1.85. The van der Waals surface area contributed by atoms with E-state index < -0.39 is 0 Å². The zero-order chi connectivity index (χ0) is 12.2. The van der Waals surface area contributed by atoms with E-state index in [1.165, 1.54) is 50.5 Å². The van der Waals surface area contributed by atoms with E-state index in [-0.39, 0.29) is 0 Å². The van der Waals surface area contributed by atoms with Crippen molar-refractivity contribution in [1.82, 2.24) is 0 Å². The summed E-state index contributed by atoms with van der Waals surface area (Å²) in [6.07, 6.45) is 9.22. The van der Waals surface area contributed by atoms with E-state index in [4.69, 9.17) is 4.74 Å². The molecule has 0 saturated carbocycles. The second-order valence-corrected chi connectivity index (χ2v) is 4.55. The molecule has 0 spiro atoms. The highest BCUT2D eigenvalue weighted by Gasteiger charge is 1.93. The van der Waals surface area contributed by atoms with Crippen LogP contribution in [0.2, 0.25) is 0 Å². The number of ether oxygens (including phenoxy) is 1. The van der Waals surface area contributed by atoms with Gasteiger partial charge in [-0.25, -0.2) is 0 Å². The predicted molar refractivity (Wildman–Crippen MR) is 74.3 cm³/mol. The lowest BCUT2D eigenvalue weighted by atomic mass is 10.1. The summed E-state index contributed by atoms with van der Waals surface area (Å²) in [6.45, 7) is 3.86. The van der Waals surface area contributed by atoms with E-state index in [9.17, 15) is 0 Å². The van der Waals surface area contributed by atoms with E-state index in [1.807, 2.05) is 0 Å². The van der Waals surface area contributed by atoms with Crippen molar-refractivity contribution >= 4 is 0 Å². The van der Waals surface area contributed by atoms with Gasteiger partial charge in [0, 0.05) is 13.2 Å². The molecule has 1 aromatic rings. The number of rotatable bonds is 10. The first-order chi connectivity index (χ1) is 8.43. The second-order valence-electron chi connectivity index (χ2n) is 4.55. The number of benzene rings is 1. The molecule has 0 unspecified atom stereocenters. The Morgan fingerprint density at radius 3 is 2.18 bits per heavy atom. The van der Waals surface area contributed by atoms with Gasteiger partial charge in [0.25, 0.3) is 0 Å². The molecule has 0 fully saturated rings. The maximum Gasteiger partial charge on any atom is 0.0465 e. The fraction of sp³-hybridized carbons (Fsp3) is 0.625. The highest BCUT2D eigenvalue weighted by molar-refractivity contribution is 5.14. The average Bonchev–Trinajstić information content (AvgIpc) is 2.38. The van der Waals surface area contributed by atoms with E-state index in [2.05, 4.69) is 37.3 Å². The van der Waals surface area contributed by atoms with Crippen LogP contribution in [0.3, 0.4) is 0 Å². The topological polar surface area (TPSA) is 9.23 Å². The average molecular weight is 234 g/mol. The van der Waals surface area contributed by atoms with Crippen LogP contribution in [0.25, 0.3) is 0 Å². The minimum absolute atomic E-state index is 0.858. The van der Waals surface area contributed by atoms with Gasteiger partial charge in [-0.2, -0.15) is 0 Å². The molecule has 1 heteroatoms. The molecule has 1 nitrogen and oxygen atoms in total. The zero-order valence-electron chi connectivity index (χ0n) is 11.2.